The van der Waals surface area contributed by atoms with Crippen molar-refractivity contribution in [2.45, 2.75) is 33.9 Å². The summed E-state index contributed by atoms with van der Waals surface area (Å²) in [5.74, 6) is -0.334. The van der Waals surface area contributed by atoms with Crippen LogP contribution in [0.2, 0.25) is 0 Å². The standard InChI is InChI=1S/C51H42N2O2/c1-35-11-10-16-42(30-35)33-52-48(44-25-21-40(22-26-44)19-17-38-12-6-4-7-13-38)46-47(50(52)54)49(53(51(46)55)34-43-31-36(2)29-37(3)32-43)45-27-23-41(24-28-45)20-18-39-14-8-5-9-15-39/h4-32H,33-34H2,1-3H3. The molecule has 6 aromatic rings. The van der Waals surface area contributed by atoms with Gasteiger partial charge in [-0.25, -0.2) is 0 Å². The van der Waals surface area contributed by atoms with E-state index in [-0.39, 0.29) is 11.8 Å². The first-order valence-corrected chi connectivity index (χ1v) is 18.7. The number of hydrogen-bond donors (Lipinski definition) is 0. The Bertz CT molecular complexity index is 2500. The van der Waals surface area contributed by atoms with Gasteiger partial charge in [0.15, 0.2) is 0 Å². The highest BCUT2D eigenvalue weighted by molar-refractivity contribution is 6.30. The maximum absolute atomic E-state index is 15.0. The van der Waals surface area contributed by atoms with Gasteiger partial charge in [-0.1, -0.05) is 193 Å². The van der Waals surface area contributed by atoms with E-state index in [2.05, 4.69) is 124 Å². The summed E-state index contributed by atoms with van der Waals surface area (Å²) in [5.41, 5.74) is 13.5. The van der Waals surface area contributed by atoms with Crippen molar-refractivity contribution in [3.63, 3.8) is 0 Å². The van der Waals surface area contributed by atoms with Crippen LogP contribution in [0.15, 0.2) is 163 Å². The van der Waals surface area contributed by atoms with Gasteiger partial charge < -0.3 is 9.80 Å². The van der Waals surface area contributed by atoms with Gasteiger partial charge in [-0.05, 0) is 65.3 Å². The Hall–Kier alpha value is -6.78. The molecule has 4 heteroatoms. The summed E-state index contributed by atoms with van der Waals surface area (Å²) in [6.45, 7) is 6.90. The molecular weight excluding hydrogens is 673 g/mol. The predicted molar refractivity (Wildman–Crippen MR) is 226 cm³/mol. The third-order valence-corrected chi connectivity index (χ3v) is 10.1. The van der Waals surface area contributed by atoms with E-state index >= 15 is 4.79 Å². The molecule has 0 unspecified atom stereocenters. The Morgan fingerprint density at radius 1 is 0.400 bits per heavy atom. The normalized spacial score (nSPS) is 14.3. The number of fused-ring (bicyclic) bond motifs is 1. The second-order valence-corrected chi connectivity index (χ2v) is 14.4. The lowest BCUT2D eigenvalue weighted by molar-refractivity contribution is -0.124. The van der Waals surface area contributed by atoms with E-state index in [0.29, 0.717) is 35.6 Å². The lowest BCUT2D eigenvalue weighted by Crippen LogP contribution is -2.29. The van der Waals surface area contributed by atoms with Crippen molar-refractivity contribution in [1.29, 1.82) is 0 Å². The number of rotatable bonds is 10. The highest BCUT2D eigenvalue weighted by Crippen LogP contribution is 2.47. The van der Waals surface area contributed by atoms with Gasteiger partial charge in [-0.3, -0.25) is 9.59 Å². The molecule has 0 bridgehead atoms. The Balaban J connectivity index is 1.25. The zero-order valence-corrected chi connectivity index (χ0v) is 31.4. The lowest BCUT2D eigenvalue weighted by Gasteiger charge is -2.26. The van der Waals surface area contributed by atoms with E-state index in [1.165, 1.54) is 0 Å². The van der Waals surface area contributed by atoms with Crippen LogP contribution in [0.25, 0.3) is 35.7 Å². The molecule has 8 rings (SSSR count). The van der Waals surface area contributed by atoms with Crippen LogP contribution < -0.4 is 0 Å². The molecule has 0 saturated heterocycles. The summed E-state index contributed by atoms with van der Waals surface area (Å²) in [7, 11) is 0. The zero-order chi connectivity index (χ0) is 37.9. The van der Waals surface area contributed by atoms with E-state index in [1.54, 1.807) is 4.90 Å². The summed E-state index contributed by atoms with van der Waals surface area (Å²) < 4.78 is 0. The monoisotopic (exact) mass is 714 g/mol. The van der Waals surface area contributed by atoms with Crippen LogP contribution in [0.5, 0.6) is 0 Å². The summed E-state index contributed by atoms with van der Waals surface area (Å²) in [4.78, 5) is 33.6. The van der Waals surface area contributed by atoms with Crippen molar-refractivity contribution < 1.29 is 9.59 Å². The third kappa shape index (κ3) is 7.53. The van der Waals surface area contributed by atoms with Crippen molar-refractivity contribution in [3.05, 3.63) is 224 Å². The third-order valence-electron chi connectivity index (χ3n) is 10.1. The van der Waals surface area contributed by atoms with Gasteiger partial charge in [0, 0.05) is 0 Å². The van der Waals surface area contributed by atoms with Crippen LogP contribution in [0, 0.1) is 20.8 Å². The largest absolute Gasteiger partial charge is 0.302 e. The van der Waals surface area contributed by atoms with Crippen molar-refractivity contribution in [3.8, 4) is 0 Å². The first-order valence-electron chi connectivity index (χ1n) is 18.7. The average Bonchev–Trinajstić information content (AvgIpc) is 3.63. The van der Waals surface area contributed by atoms with Gasteiger partial charge in [0.2, 0.25) is 0 Å². The second-order valence-electron chi connectivity index (χ2n) is 14.4. The smallest absolute Gasteiger partial charge is 0.261 e. The molecule has 6 aromatic carbocycles. The number of hydrogen-bond acceptors (Lipinski definition) is 2. The van der Waals surface area contributed by atoms with Crippen LogP contribution >= 0.6 is 0 Å². The minimum atomic E-state index is -0.168. The molecule has 0 aliphatic carbocycles. The molecular formula is C51H42N2O2. The van der Waals surface area contributed by atoms with Crippen molar-refractivity contribution >= 4 is 47.5 Å². The first kappa shape index (κ1) is 35.3. The zero-order valence-electron chi connectivity index (χ0n) is 31.4. The molecule has 2 aliphatic heterocycles. The molecule has 2 aliphatic rings. The van der Waals surface area contributed by atoms with Crippen molar-refractivity contribution in [1.82, 2.24) is 9.80 Å². The Kier molecular flexibility index (Phi) is 9.80. The van der Waals surface area contributed by atoms with Crippen LogP contribution in [0.4, 0.5) is 0 Å². The van der Waals surface area contributed by atoms with Crippen LogP contribution in [0.3, 0.4) is 0 Å². The first-order chi connectivity index (χ1) is 26.8. The summed E-state index contributed by atoms with van der Waals surface area (Å²) in [6, 6.07) is 51.3. The van der Waals surface area contributed by atoms with E-state index in [4.69, 9.17) is 0 Å². The molecule has 0 aromatic heterocycles. The summed E-state index contributed by atoms with van der Waals surface area (Å²) >= 11 is 0. The number of carbonyl (C=O) groups excluding carboxylic acids is 2. The van der Waals surface area contributed by atoms with Crippen LogP contribution in [-0.4, -0.2) is 21.6 Å². The van der Waals surface area contributed by atoms with Crippen molar-refractivity contribution in [2.24, 2.45) is 0 Å². The van der Waals surface area contributed by atoms with Crippen LogP contribution in [-0.2, 0) is 22.7 Å². The quantitative estimate of drug-likeness (QED) is 0.133. The maximum atomic E-state index is 15.0. The fourth-order valence-corrected chi connectivity index (χ4v) is 7.65. The molecule has 55 heavy (non-hydrogen) atoms. The van der Waals surface area contributed by atoms with Gasteiger partial charge in [-0.2, -0.15) is 0 Å². The molecule has 0 saturated carbocycles. The average molecular weight is 715 g/mol. The number of nitrogens with zero attached hydrogens (tertiary/aromatic N) is 2. The lowest BCUT2D eigenvalue weighted by atomic mass is 10.0. The number of carbonyl (C=O) groups is 2. The molecule has 2 amide bonds. The van der Waals surface area contributed by atoms with Gasteiger partial charge >= 0.3 is 0 Å². The van der Waals surface area contributed by atoms with E-state index in [1.807, 2.05) is 77.7 Å². The fourth-order valence-electron chi connectivity index (χ4n) is 7.65. The highest BCUT2D eigenvalue weighted by atomic mass is 16.2. The molecule has 4 nitrogen and oxygen atoms in total. The molecule has 0 radical (unpaired) electrons. The van der Waals surface area contributed by atoms with E-state index in [9.17, 15) is 4.79 Å². The number of aryl methyl sites for hydroxylation is 3. The SMILES string of the molecule is Cc1cccc(CN2C(=O)C3=C(c4ccc(C=Cc5ccccc5)cc4)N(Cc4cc(C)cc(C)c4)C(=O)C3=C2c2ccc(C=Cc3ccccc3)cc2)c1. The minimum Gasteiger partial charge on any atom is -0.302 e. The molecule has 0 atom stereocenters. The topological polar surface area (TPSA) is 40.6 Å². The Morgan fingerprint density at radius 3 is 1.24 bits per heavy atom. The van der Waals surface area contributed by atoms with Crippen molar-refractivity contribution in [2.75, 3.05) is 0 Å². The molecule has 2 heterocycles. The van der Waals surface area contributed by atoms with E-state index in [0.717, 1.165) is 61.2 Å². The highest BCUT2D eigenvalue weighted by Gasteiger charge is 2.48. The molecule has 268 valence electrons. The van der Waals surface area contributed by atoms with Gasteiger partial charge in [0.1, 0.15) is 0 Å². The van der Waals surface area contributed by atoms with E-state index < -0.39 is 0 Å². The predicted octanol–water partition coefficient (Wildman–Crippen LogP) is 11.2. The van der Waals surface area contributed by atoms with Crippen LogP contribution in [0.1, 0.15) is 61.2 Å². The van der Waals surface area contributed by atoms with Gasteiger partial charge in [0.05, 0.1) is 35.6 Å². The molecule has 0 fully saturated rings. The Morgan fingerprint density at radius 2 is 0.800 bits per heavy atom. The molecule has 0 spiro atoms. The summed E-state index contributed by atoms with van der Waals surface area (Å²) in [6.07, 6.45) is 8.33. The Labute approximate surface area is 323 Å². The number of benzene rings is 6. The molecule has 0 N–H and O–H groups in total. The minimum absolute atomic E-state index is 0.166. The van der Waals surface area contributed by atoms with Gasteiger partial charge in [0.25, 0.3) is 11.8 Å². The fraction of sp³-hybridized carbons (Fsp3) is 0.0980. The van der Waals surface area contributed by atoms with Gasteiger partial charge in [-0.15, -0.1) is 0 Å². The number of amides is 2. The maximum Gasteiger partial charge on any atom is 0.261 e. The second kappa shape index (κ2) is 15.3. The summed E-state index contributed by atoms with van der Waals surface area (Å²) in [5, 5.41) is 0.